The van der Waals surface area contributed by atoms with Crippen LogP contribution in [-0.2, 0) is 9.59 Å². The number of hydrogen-bond acceptors (Lipinski definition) is 2. The van der Waals surface area contributed by atoms with E-state index in [1.807, 2.05) is 44.2 Å². The van der Waals surface area contributed by atoms with Crippen LogP contribution in [0.4, 0.5) is 5.69 Å². The number of para-hydroxylation sites is 1. The zero-order valence-electron chi connectivity index (χ0n) is 11.4. The van der Waals surface area contributed by atoms with Crippen LogP contribution in [0.25, 0.3) is 0 Å². The fraction of sp³-hybridized carbons (Fsp3) is 0.467. The normalized spacial score (nSPS) is 19.0. The zero-order chi connectivity index (χ0) is 13.8. The van der Waals surface area contributed by atoms with E-state index in [2.05, 4.69) is 5.32 Å². The van der Waals surface area contributed by atoms with Gasteiger partial charge < -0.3 is 10.2 Å². The number of carbonyl (C=O) groups excluding carboxylic acids is 2. The number of carbonyl (C=O) groups is 2. The van der Waals surface area contributed by atoms with Crippen molar-refractivity contribution in [3.05, 3.63) is 30.3 Å². The fourth-order valence-corrected chi connectivity index (χ4v) is 2.32. The summed E-state index contributed by atoms with van der Waals surface area (Å²) in [5.74, 6) is 0.436. The maximum absolute atomic E-state index is 12.0. The summed E-state index contributed by atoms with van der Waals surface area (Å²) < 4.78 is 0. The lowest BCUT2D eigenvalue weighted by molar-refractivity contribution is -0.122. The molecule has 4 nitrogen and oxygen atoms in total. The first kappa shape index (κ1) is 13.6. The van der Waals surface area contributed by atoms with E-state index in [0.717, 1.165) is 5.69 Å². The molecule has 102 valence electrons. The van der Waals surface area contributed by atoms with Gasteiger partial charge >= 0.3 is 0 Å². The molecule has 0 spiro atoms. The molecule has 1 saturated heterocycles. The van der Waals surface area contributed by atoms with E-state index in [0.29, 0.717) is 25.3 Å². The predicted molar refractivity (Wildman–Crippen MR) is 74.8 cm³/mol. The second kappa shape index (κ2) is 5.87. The summed E-state index contributed by atoms with van der Waals surface area (Å²) in [5.41, 5.74) is 0.896. The molecular formula is C15H20N2O2. The van der Waals surface area contributed by atoms with Crippen LogP contribution >= 0.6 is 0 Å². The molecule has 2 rings (SSSR count). The Morgan fingerprint density at radius 2 is 2.05 bits per heavy atom. The van der Waals surface area contributed by atoms with Crippen molar-refractivity contribution >= 4 is 17.5 Å². The molecule has 0 aliphatic carbocycles. The molecule has 1 aliphatic heterocycles. The SMILES string of the molecule is CC(C)CC(=O)NC1CC(=O)N(c2ccccc2)C1. The largest absolute Gasteiger partial charge is 0.351 e. The second-order valence-corrected chi connectivity index (χ2v) is 5.41. The van der Waals surface area contributed by atoms with Crippen molar-refractivity contribution in [3.8, 4) is 0 Å². The third kappa shape index (κ3) is 3.56. The molecule has 1 atom stereocenters. The number of nitrogens with zero attached hydrogens (tertiary/aromatic N) is 1. The van der Waals surface area contributed by atoms with Crippen LogP contribution in [0.3, 0.4) is 0 Å². The average Bonchev–Trinajstić information content (AvgIpc) is 2.70. The smallest absolute Gasteiger partial charge is 0.229 e. The summed E-state index contributed by atoms with van der Waals surface area (Å²) >= 11 is 0. The molecule has 1 unspecified atom stereocenters. The first-order chi connectivity index (χ1) is 9.06. The number of nitrogens with one attached hydrogen (secondary N) is 1. The predicted octanol–water partition coefficient (Wildman–Crippen LogP) is 1.95. The minimum Gasteiger partial charge on any atom is -0.351 e. The van der Waals surface area contributed by atoms with Crippen molar-refractivity contribution in [2.75, 3.05) is 11.4 Å². The Bertz CT molecular complexity index is 456. The Kier molecular flexibility index (Phi) is 4.20. The van der Waals surface area contributed by atoms with E-state index in [4.69, 9.17) is 0 Å². The van der Waals surface area contributed by atoms with Gasteiger partial charge in [0.05, 0.1) is 6.04 Å². The van der Waals surface area contributed by atoms with Gasteiger partial charge in [-0.1, -0.05) is 32.0 Å². The van der Waals surface area contributed by atoms with Gasteiger partial charge in [0.1, 0.15) is 0 Å². The Morgan fingerprint density at radius 3 is 2.68 bits per heavy atom. The van der Waals surface area contributed by atoms with Gasteiger partial charge in [-0.15, -0.1) is 0 Å². The molecule has 1 aliphatic rings. The molecule has 0 aromatic heterocycles. The van der Waals surface area contributed by atoms with Crippen molar-refractivity contribution in [3.63, 3.8) is 0 Å². The van der Waals surface area contributed by atoms with Crippen molar-refractivity contribution in [1.29, 1.82) is 0 Å². The monoisotopic (exact) mass is 260 g/mol. The summed E-state index contributed by atoms with van der Waals surface area (Å²) in [5, 5.41) is 2.94. The van der Waals surface area contributed by atoms with Gasteiger partial charge in [0.15, 0.2) is 0 Å². The Morgan fingerprint density at radius 1 is 1.37 bits per heavy atom. The molecule has 4 heteroatoms. The van der Waals surface area contributed by atoms with Crippen LogP contribution in [0, 0.1) is 5.92 Å². The van der Waals surface area contributed by atoms with E-state index >= 15 is 0 Å². The molecule has 1 heterocycles. The number of rotatable bonds is 4. The second-order valence-electron chi connectivity index (χ2n) is 5.41. The topological polar surface area (TPSA) is 49.4 Å². The number of amides is 2. The zero-order valence-corrected chi connectivity index (χ0v) is 11.4. The van der Waals surface area contributed by atoms with E-state index in [-0.39, 0.29) is 17.9 Å². The summed E-state index contributed by atoms with van der Waals surface area (Å²) in [6.07, 6.45) is 0.898. The molecule has 1 fully saturated rings. The van der Waals surface area contributed by atoms with Crippen molar-refractivity contribution in [2.24, 2.45) is 5.92 Å². The maximum atomic E-state index is 12.0. The van der Waals surface area contributed by atoms with Crippen LogP contribution in [0.5, 0.6) is 0 Å². The van der Waals surface area contributed by atoms with Gasteiger partial charge in [-0.25, -0.2) is 0 Å². The highest BCUT2D eigenvalue weighted by molar-refractivity contribution is 5.96. The summed E-state index contributed by atoms with van der Waals surface area (Å²) in [4.78, 5) is 25.4. The minimum atomic E-state index is -0.0704. The molecule has 19 heavy (non-hydrogen) atoms. The highest BCUT2D eigenvalue weighted by Gasteiger charge is 2.31. The maximum Gasteiger partial charge on any atom is 0.229 e. The Hall–Kier alpha value is -1.84. The number of benzene rings is 1. The van der Waals surface area contributed by atoms with E-state index in [9.17, 15) is 9.59 Å². The van der Waals surface area contributed by atoms with Crippen LogP contribution < -0.4 is 10.2 Å². The van der Waals surface area contributed by atoms with E-state index < -0.39 is 0 Å². The molecule has 2 amide bonds. The van der Waals surface area contributed by atoms with Crippen LogP contribution in [-0.4, -0.2) is 24.4 Å². The van der Waals surface area contributed by atoms with E-state index in [1.165, 1.54) is 0 Å². The van der Waals surface area contributed by atoms with Gasteiger partial charge in [-0.2, -0.15) is 0 Å². The molecular weight excluding hydrogens is 240 g/mol. The average molecular weight is 260 g/mol. The lowest BCUT2D eigenvalue weighted by Crippen LogP contribution is -2.37. The lowest BCUT2D eigenvalue weighted by Gasteiger charge is -2.17. The Balaban J connectivity index is 1.94. The van der Waals surface area contributed by atoms with Crippen LogP contribution in [0.15, 0.2) is 30.3 Å². The summed E-state index contributed by atoms with van der Waals surface area (Å²) in [7, 11) is 0. The molecule has 0 saturated carbocycles. The van der Waals surface area contributed by atoms with Crippen molar-refractivity contribution in [1.82, 2.24) is 5.32 Å². The highest BCUT2D eigenvalue weighted by atomic mass is 16.2. The standard InChI is InChI=1S/C15H20N2O2/c1-11(2)8-14(18)16-12-9-15(19)17(10-12)13-6-4-3-5-7-13/h3-7,11-12H,8-10H2,1-2H3,(H,16,18). The first-order valence-electron chi connectivity index (χ1n) is 6.71. The quantitative estimate of drug-likeness (QED) is 0.899. The van der Waals surface area contributed by atoms with Gasteiger partial charge in [-0.05, 0) is 18.1 Å². The fourth-order valence-electron chi connectivity index (χ4n) is 2.32. The van der Waals surface area contributed by atoms with E-state index in [1.54, 1.807) is 4.90 Å². The number of anilines is 1. The summed E-state index contributed by atoms with van der Waals surface area (Å²) in [6.45, 7) is 4.58. The van der Waals surface area contributed by atoms with Crippen molar-refractivity contribution in [2.45, 2.75) is 32.7 Å². The van der Waals surface area contributed by atoms with Gasteiger partial charge in [0.25, 0.3) is 0 Å². The Labute approximate surface area is 113 Å². The molecule has 1 aromatic rings. The lowest BCUT2D eigenvalue weighted by atomic mass is 10.1. The summed E-state index contributed by atoms with van der Waals surface area (Å²) in [6, 6.07) is 9.50. The van der Waals surface area contributed by atoms with Crippen LogP contribution in [0.2, 0.25) is 0 Å². The first-order valence-corrected chi connectivity index (χ1v) is 6.71. The minimum absolute atomic E-state index is 0.0303. The van der Waals surface area contributed by atoms with Gasteiger partial charge in [0.2, 0.25) is 11.8 Å². The van der Waals surface area contributed by atoms with Crippen molar-refractivity contribution < 1.29 is 9.59 Å². The highest BCUT2D eigenvalue weighted by Crippen LogP contribution is 2.21. The third-order valence-electron chi connectivity index (χ3n) is 3.15. The molecule has 1 aromatic carbocycles. The molecule has 1 N–H and O–H groups in total. The van der Waals surface area contributed by atoms with Gasteiger partial charge in [-0.3, -0.25) is 9.59 Å². The third-order valence-corrected chi connectivity index (χ3v) is 3.15. The molecule has 0 bridgehead atoms. The molecule has 0 radical (unpaired) electrons. The number of hydrogen-bond donors (Lipinski definition) is 1. The van der Waals surface area contributed by atoms with Gasteiger partial charge in [0, 0.05) is 25.1 Å². The van der Waals surface area contributed by atoms with Crippen LogP contribution in [0.1, 0.15) is 26.7 Å².